The van der Waals surface area contributed by atoms with Crippen molar-refractivity contribution in [1.29, 1.82) is 0 Å². The highest BCUT2D eigenvalue weighted by Crippen LogP contribution is 2.24. The van der Waals surface area contributed by atoms with Crippen molar-refractivity contribution in [2.75, 3.05) is 5.32 Å². The fourth-order valence-corrected chi connectivity index (χ4v) is 2.52. The number of nitrogens with one attached hydrogen (secondary N) is 2. The zero-order valence-electron chi connectivity index (χ0n) is 12.7. The second-order valence-corrected chi connectivity index (χ2v) is 5.67. The van der Waals surface area contributed by atoms with Crippen molar-refractivity contribution < 1.29 is 4.79 Å². The molecule has 114 valence electrons. The SMILES string of the molecule is CCC#CC(=O)Nc1cc(-c2cnc3[nH]ccc3c2)ccc1P. The van der Waals surface area contributed by atoms with Gasteiger partial charge in [0.05, 0.1) is 0 Å². The zero-order valence-corrected chi connectivity index (χ0v) is 13.8. The molecule has 0 aliphatic carbocycles. The van der Waals surface area contributed by atoms with Gasteiger partial charge in [-0.05, 0) is 35.0 Å². The molecule has 23 heavy (non-hydrogen) atoms. The van der Waals surface area contributed by atoms with Gasteiger partial charge in [0.2, 0.25) is 0 Å². The molecule has 2 N–H and O–H groups in total. The number of fused-ring (bicyclic) bond motifs is 1. The second-order valence-electron chi connectivity index (χ2n) is 5.05. The van der Waals surface area contributed by atoms with E-state index in [0.29, 0.717) is 6.42 Å². The maximum atomic E-state index is 11.8. The first-order valence-corrected chi connectivity index (χ1v) is 7.88. The van der Waals surface area contributed by atoms with Gasteiger partial charge in [0.15, 0.2) is 0 Å². The molecule has 3 rings (SSSR count). The summed E-state index contributed by atoms with van der Waals surface area (Å²) in [4.78, 5) is 19.3. The number of rotatable bonds is 2. The van der Waals surface area contributed by atoms with Gasteiger partial charge < -0.3 is 10.3 Å². The maximum absolute atomic E-state index is 11.8. The number of pyridine rings is 1. The molecule has 0 spiro atoms. The first-order chi connectivity index (χ1) is 11.2. The Bertz CT molecular complexity index is 934. The first-order valence-electron chi connectivity index (χ1n) is 7.30. The van der Waals surface area contributed by atoms with Gasteiger partial charge in [-0.3, -0.25) is 4.79 Å². The van der Waals surface area contributed by atoms with Crippen LogP contribution < -0.4 is 10.6 Å². The Hall–Kier alpha value is -2.63. The molecule has 1 aromatic carbocycles. The Morgan fingerprint density at radius 1 is 1.30 bits per heavy atom. The van der Waals surface area contributed by atoms with Crippen LogP contribution in [0.3, 0.4) is 0 Å². The minimum absolute atomic E-state index is 0.299. The standard InChI is InChI=1S/C18H16N3OP/c1-2-3-4-17(22)21-15-10-12(5-6-16(15)23)14-9-13-7-8-19-18(13)20-11-14/h5-11H,2,23H2,1H3,(H,19,20)(H,21,22). The number of amides is 1. The number of aromatic amines is 1. The third-order valence-corrected chi connectivity index (χ3v) is 3.92. The Morgan fingerprint density at radius 3 is 3.00 bits per heavy atom. The lowest BCUT2D eigenvalue weighted by Crippen LogP contribution is -2.13. The van der Waals surface area contributed by atoms with Gasteiger partial charge >= 0.3 is 0 Å². The minimum Gasteiger partial charge on any atom is -0.346 e. The molecule has 1 atom stereocenters. The van der Waals surface area contributed by atoms with E-state index in [0.717, 1.165) is 33.2 Å². The van der Waals surface area contributed by atoms with Crippen molar-refractivity contribution in [3.63, 3.8) is 0 Å². The van der Waals surface area contributed by atoms with Crippen molar-refractivity contribution in [1.82, 2.24) is 9.97 Å². The lowest BCUT2D eigenvalue weighted by Gasteiger charge is -2.09. The van der Waals surface area contributed by atoms with Gasteiger partial charge in [0.1, 0.15) is 5.65 Å². The van der Waals surface area contributed by atoms with E-state index in [-0.39, 0.29) is 5.91 Å². The molecule has 0 aliphatic rings. The Labute approximate surface area is 136 Å². The molecular formula is C18H16N3OP. The third-order valence-electron chi connectivity index (χ3n) is 3.41. The molecule has 0 bridgehead atoms. The van der Waals surface area contributed by atoms with Gasteiger partial charge in [0.25, 0.3) is 5.91 Å². The van der Waals surface area contributed by atoms with Crippen LogP contribution in [0.25, 0.3) is 22.2 Å². The molecule has 0 saturated carbocycles. The van der Waals surface area contributed by atoms with E-state index in [1.165, 1.54) is 0 Å². The molecular weight excluding hydrogens is 305 g/mol. The van der Waals surface area contributed by atoms with E-state index in [9.17, 15) is 4.79 Å². The fraction of sp³-hybridized carbons (Fsp3) is 0.111. The normalized spacial score (nSPS) is 10.2. The first kappa shape index (κ1) is 15.3. The largest absolute Gasteiger partial charge is 0.346 e. The number of carbonyl (C=O) groups excluding carboxylic acids is 1. The van der Waals surface area contributed by atoms with Crippen molar-refractivity contribution in [2.45, 2.75) is 13.3 Å². The predicted octanol–water partition coefficient (Wildman–Crippen LogP) is 3.08. The molecule has 0 saturated heterocycles. The highest BCUT2D eigenvalue weighted by atomic mass is 31.0. The second kappa shape index (κ2) is 6.64. The molecule has 3 aromatic rings. The van der Waals surface area contributed by atoms with Gasteiger partial charge in [-0.2, -0.15) is 0 Å². The third kappa shape index (κ3) is 3.41. The average Bonchev–Trinajstić information content (AvgIpc) is 3.02. The van der Waals surface area contributed by atoms with Crippen molar-refractivity contribution in [3.05, 3.63) is 42.7 Å². The van der Waals surface area contributed by atoms with E-state index in [1.807, 2.05) is 43.6 Å². The van der Waals surface area contributed by atoms with Crippen LogP contribution in [-0.2, 0) is 4.79 Å². The summed E-state index contributed by atoms with van der Waals surface area (Å²) >= 11 is 0. The summed E-state index contributed by atoms with van der Waals surface area (Å²) in [7, 11) is 2.62. The van der Waals surface area contributed by atoms with Crippen molar-refractivity contribution in [2.24, 2.45) is 0 Å². The molecule has 1 unspecified atom stereocenters. The highest BCUT2D eigenvalue weighted by molar-refractivity contribution is 7.28. The van der Waals surface area contributed by atoms with Crippen LogP contribution in [0.5, 0.6) is 0 Å². The van der Waals surface area contributed by atoms with Gasteiger partial charge in [-0.1, -0.05) is 25.0 Å². The number of carbonyl (C=O) groups is 1. The monoisotopic (exact) mass is 321 g/mol. The molecule has 2 aromatic heterocycles. The number of benzene rings is 1. The number of hydrogen-bond acceptors (Lipinski definition) is 2. The van der Waals surface area contributed by atoms with E-state index in [4.69, 9.17) is 0 Å². The number of aromatic nitrogens is 2. The summed E-state index contributed by atoms with van der Waals surface area (Å²) in [6.07, 6.45) is 4.34. The van der Waals surface area contributed by atoms with Crippen molar-refractivity contribution >= 4 is 37.2 Å². The van der Waals surface area contributed by atoms with Crippen LogP contribution in [0, 0.1) is 11.8 Å². The van der Waals surface area contributed by atoms with E-state index in [2.05, 4.69) is 42.4 Å². The average molecular weight is 321 g/mol. The highest BCUT2D eigenvalue weighted by Gasteiger charge is 2.07. The lowest BCUT2D eigenvalue weighted by molar-refractivity contribution is -0.111. The van der Waals surface area contributed by atoms with E-state index < -0.39 is 0 Å². The van der Waals surface area contributed by atoms with Crippen LogP contribution in [-0.4, -0.2) is 15.9 Å². The molecule has 0 fully saturated rings. The van der Waals surface area contributed by atoms with Crippen molar-refractivity contribution in [3.8, 4) is 23.0 Å². The summed E-state index contributed by atoms with van der Waals surface area (Å²) in [6, 6.07) is 9.94. The summed E-state index contributed by atoms with van der Waals surface area (Å²) in [5.41, 5.74) is 3.58. The van der Waals surface area contributed by atoms with Crippen LogP contribution in [0.2, 0.25) is 0 Å². The topological polar surface area (TPSA) is 57.8 Å². The Balaban J connectivity index is 1.94. The summed E-state index contributed by atoms with van der Waals surface area (Å²) in [6.45, 7) is 1.91. The van der Waals surface area contributed by atoms with E-state index >= 15 is 0 Å². The number of nitrogens with zero attached hydrogens (tertiary/aromatic N) is 1. The zero-order chi connectivity index (χ0) is 16.2. The molecule has 5 heteroatoms. The maximum Gasteiger partial charge on any atom is 0.300 e. The van der Waals surface area contributed by atoms with E-state index in [1.54, 1.807) is 0 Å². The number of H-pyrrole nitrogens is 1. The number of hydrogen-bond donors (Lipinski definition) is 2. The minimum atomic E-state index is -0.299. The smallest absolute Gasteiger partial charge is 0.300 e. The van der Waals surface area contributed by atoms with Crippen LogP contribution in [0.4, 0.5) is 5.69 Å². The van der Waals surface area contributed by atoms with Crippen LogP contribution in [0.1, 0.15) is 13.3 Å². The van der Waals surface area contributed by atoms with Gasteiger partial charge in [-0.15, -0.1) is 9.24 Å². The summed E-state index contributed by atoms with van der Waals surface area (Å²) in [5, 5.41) is 4.79. The van der Waals surface area contributed by atoms with Gasteiger partial charge in [-0.25, -0.2) is 4.98 Å². The molecule has 2 heterocycles. The molecule has 4 nitrogen and oxygen atoms in total. The summed E-state index contributed by atoms with van der Waals surface area (Å²) in [5.74, 6) is 5.03. The predicted molar refractivity (Wildman–Crippen MR) is 97.6 cm³/mol. The Kier molecular flexibility index (Phi) is 4.41. The Morgan fingerprint density at radius 2 is 2.17 bits per heavy atom. The number of anilines is 1. The van der Waals surface area contributed by atoms with Crippen LogP contribution >= 0.6 is 9.24 Å². The summed E-state index contributed by atoms with van der Waals surface area (Å²) < 4.78 is 0. The van der Waals surface area contributed by atoms with Gasteiger partial charge in [0, 0.05) is 35.5 Å². The molecule has 1 amide bonds. The quantitative estimate of drug-likeness (QED) is 0.563. The lowest BCUT2D eigenvalue weighted by atomic mass is 10.1. The van der Waals surface area contributed by atoms with Crippen LogP contribution in [0.15, 0.2) is 42.7 Å². The fourth-order valence-electron chi connectivity index (χ4n) is 2.26. The molecule has 0 aliphatic heterocycles. The molecule has 0 radical (unpaired) electrons.